The predicted octanol–water partition coefficient (Wildman–Crippen LogP) is 4.19. The standard InChI is InChI=1S/C19H25ClF3N3O4/c1-11-8-26(13(10-27)9-25(11)17(29)30-18(2,3)4)16(28)24-15-6-5-12(20)7-14(15)19(21,22)23/h5-7,11,13,27H,8-10H2,1-4H3,(H,24,28)/t11-,13+/m1/s1. The van der Waals surface area contributed by atoms with Gasteiger partial charge < -0.3 is 25.0 Å². The number of alkyl halides is 3. The molecular formula is C19H25ClF3N3O4. The third kappa shape index (κ3) is 5.91. The van der Waals surface area contributed by atoms with Gasteiger partial charge in [0.2, 0.25) is 0 Å². The van der Waals surface area contributed by atoms with Crippen LogP contribution in [-0.4, -0.2) is 64.4 Å². The largest absolute Gasteiger partial charge is 0.444 e. The summed E-state index contributed by atoms with van der Waals surface area (Å²) >= 11 is 5.66. The molecule has 0 saturated carbocycles. The number of benzene rings is 1. The Balaban J connectivity index is 2.19. The molecule has 0 radical (unpaired) electrons. The van der Waals surface area contributed by atoms with Crippen molar-refractivity contribution >= 4 is 29.4 Å². The quantitative estimate of drug-likeness (QED) is 0.706. The van der Waals surface area contributed by atoms with E-state index in [0.29, 0.717) is 0 Å². The minimum atomic E-state index is -4.72. The van der Waals surface area contributed by atoms with Crippen LogP contribution in [0.4, 0.5) is 28.4 Å². The smallest absolute Gasteiger partial charge is 0.418 e. The maximum atomic E-state index is 13.3. The number of nitrogens with one attached hydrogen (secondary N) is 1. The lowest BCUT2D eigenvalue weighted by molar-refractivity contribution is -0.136. The molecule has 1 heterocycles. The second kappa shape index (κ2) is 8.89. The van der Waals surface area contributed by atoms with Crippen molar-refractivity contribution in [2.45, 2.75) is 51.6 Å². The van der Waals surface area contributed by atoms with Gasteiger partial charge in [-0.05, 0) is 45.9 Å². The number of piperazine rings is 1. The van der Waals surface area contributed by atoms with Crippen molar-refractivity contribution in [2.75, 3.05) is 25.0 Å². The van der Waals surface area contributed by atoms with Crippen molar-refractivity contribution in [1.29, 1.82) is 0 Å². The maximum absolute atomic E-state index is 13.3. The van der Waals surface area contributed by atoms with Crippen molar-refractivity contribution in [1.82, 2.24) is 9.80 Å². The SMILES string of the molecule is C[C@@H]1CN(C(=O)Nc2ccc(Cl)cc2C(F)(F)F)[C@H](CO)CN1C(=O)OC(C)(C)C. The molecule has 11 heteroatoms. The maximum Gasteiger partial charge on any atom is 0.418 e. The van der Waals surface area contributed by atoms with Crippen molar-refractivity contribution in [3.8, 4) is 0 Å². The number of ether oxygens (including phenoxy) is 1. The number of carbonyl (C=O) groups excluding carboxylic acids is 2. The number of aliphatic hydroxyl groups is 1. The molecule has 1 aliphatic rings. The van der Waals surface area contributed by atoms with Crippen LogP contribution in [0.25, 0.3) is 0 Å². The Morgan fingerprint density at radius 1 is 1.23 bits per heavy atom. The summed E-state index contributed by atoms with van der Waals surface area (Å²) in [6, 6.07) is 0.925. The number of halogens is 4. The number of hydrogen-bond donors (Lipinski definition) is 2. The van der Waals surface area contributed by atoms with E-state index in [0.717, 1.165) is 12.1 Å². The lowest BCUT2D eigenvalue weighted by atomic mass is 10.1. The Morgan fingerprint density at radius 2 is 1.87 bits per heavy atom. The van der Waals surface area contributed by atoms with E-state index in [9.17, 15) is 27.9 Å². The van der Waals surface area contributed by atoms with E-state index in [4.69, 9.17) is 16.3 Å². The van der Waals surface area contributed by atoms with E-state index >= 15 is 0 Å². The summed E-state index contributed by atoms with van der Waals surface area (Å²) in [5.74, 6) is 0. The van der Waals surface area contributed by atoms with Gasteiger partial charge in [0, 0.05) is 24.2 Å². The van der Waals surface area contributed by atoms with Crippen LogP contribution in [0.2, 0.25) is 5.02 Å². The summed E-state index contributed by atoms with van der Waals surface area (Å²) < 4.78 is 45.2. The van der Waals surface area contributed by atoms with Crippen LogP contribution >= 0.6 is 11.6 Å². The first-order valence-corrected chi connectivity index (χ1v) is 9.65. The van der Waals surface area contributed by atoms with Gasteiger partial charge in [0.1, 0.15) is 5.60 Å². The highest BCUT2D eigenvalue weighted by Crippen LogP contribution is 2.36. The first-order chi connectivity index (χ1) is 13.7. The second-order valence-corrected chi connectivity index (χ2v) is 8.52. The normalized spacial score (nSPS) is 20.2. The van der Waals surface area contributed by atoms with Crippen molar-refractivity contribution in [3.63, 3.8) is 0 Å². The number of aliphatic hydroxyl groups excluding tert-OH is 1. The van der Waals surface area contributed by atoms with Gasteiger partial charge in [0.25, 0.3) is 0 Å². The fourth-order valence-corrected chi connectivity index (χ4v) is 3.24. The molecule has 3 amide bonds. The molecule has 0 aromatic heterocycles. The highest BCUT2D eigenvalue weighted by molar-refractivity contribution is 6.30. The van der Waals surface area contributed by atoms with Crippen LogP contribution in [0, 0.1) is 0 Å². The van der Waals surface area contributed by atoms with E-state index in [2.05, 4.69) is 5.32 Å². The average Bonchev–Trinajstić information content (AvgIpc) is 2.60. The summed E-state index contributed by atoms with van der Waals surface area (Å²) in [4.78, 5) is 27.7. The summed E-state index contributed by atoms with van der Waals surface area (Å²) in [5.41, 5.74) is -2.25. The molecule has 2 N–H and O–H groups in total. The molecule has 1 fully saturated rings. The highest BCUT2D eigenvalue weighted by atomic mass is 35.5. The number of nitrogens with zero attached hydrogens (tertiary/aromatic N) is 2. The highest BCUT2D eigenvalue weighted by Gasteiger charge is 2.39. The molecular weight excluding hydrogens is 427 g/mol. The number of urea groups is 1. The van der Waals surface area contributed by atoms with Crippen LogP contribution in [0.3, 0.4) is 0 Å². The van der Waals surface area contributed by atoms with Gasteiger partial charge in [0.05, 0.1) is 23.9 Å². The third-order valence-corrected chi connectivity index (χ3v) is 4.70. The van der Waals surface area contributed by atoms with E-state index in [-0.39, 0.29) is 18.1 Å². The minimum absolute atomic E-state index is 0.00520. The van der Waals surface area contributed by atoms with Crippen molar-refractivity contribution in [2.24, 2.45) is 0 Å². The van der Waals surface area contributed by atoms with E-state index < -0.39 is 53.8 Å². The van der Waals surface area contributed by atoms with E-state index in [1.807, 2.05) is 0 Å². The lowest BCUT2D eigenvalue weighted by Crippen LogP contribution is -2.62. The minimum Gasteiger partial charge on any atom is -0.444 e. The molecule has 0 spiro atoms. The van der Waals surface area contributed by atoms with Gasteiger partial charge in [-0.3, -0.25) is 0 Å². The molecule has 0 bridgehead atoms. The molecule has 168 valence electrons. The summed E-state index contributed by atoms with van der Waals surface area (Å²) in [6.45, 7) is 6.33. The van der Waals surface area contributed by atoms with Gasteiger partial charge >= 0.3 is 18.3 Å². The van der Waals surface area contributed by atoms with E-state index in [1.165, 1.54) is 15.9 Å². The van der Waals surface area contributed by atoms with Crippen molar-refractivity contribution < 1.29 is 32.6 Å². The molecule has 30 heavy (non-hydrogen) atoms. The molecule has 0 unspecified atom stereocenters. The number of anilines is 1. The zero-order chi connectivity index (χ0) is 22.9. The van der Waals surface area contributed by atoms with Crippen LogP contribution in [0.1, 0.15) is 33.3 Å². The van der Waals surface area contributed by atoms with Gasteiger partial charge in [-0.2, -0.15) is 13.2 Å². The number of hydrogen-bond acceptors (Lipinski definition) is 4. The van der Waals surface area contributed by atoms with Gasteiger partial charge in [-0.15, -0.1) is 0 Å². The fraction of sp³-hybridized carbons (Fsp3) is 0.579. The second-order valence-electron chi connectivity index (χ2n) is 8.09. The Kier molecular flexibility index (Phi) is 7.13. The molecule has 7 nitrogen and oxygen atoms in total. The fourth-order valence-electron chi connectivity index (χ4n) is 3.06. The molecule has 1 aromatic rings. The Morgan fingerprint density at radius 3 is 2.40 bits per heavy atom. The number of amides is 3. The Labute approximate surface area is 177 Å². The first-order valence-electron chi connectivity index (χ1n) is 9.27. The summed E-state index contributed by atoms with van der Waals surface area (Å²) in [7, 11) is 0. The summed E-state index contributed by atoms with van der Waals surface area (Å²) in [6.07, 6.45) is -5.31. The molecule has 1 aromatic carbocycles. The van der Waals surface area contributed by atoms with Gasteiger partial charge in [0.15, 0.2) is 0 Å². The van der Waals surface area contributed by atoms with Crippen LogP contribution in [0.15, 0.2) is 18.2 Å². The molecule has 1 saturated heterocycles. The Hall–Kier alpha value is -2.20. The average molecular weight is 452 g/mol. The molecule has 2 atom stereocenters. The number of carbonyl (C=O) groups is 2. The molecule has 1 aliphatic heterocycles. The predicted molar refractivity (Wildman–Crippen MR) is 105 cm³/mol. The van der Waals surface area contributed by atoms with Crippen LogP contribution in [0.5, 0.6) is 0 Å². The zero-order valence-corrected chi connectivity index (χ0v) is 17.8. The van der Waals surface area contributed by atoms with Crippen LogP contribution < -0.4 is 5.32 Å². The third-order valence-electron chi connectivity index (χ3n) is 4.47. The van der Waals surface area contributed by atoms with Crippen LogP contribution in [-0.2, 0) is 10.9 Å². The van der Waals surface area contributed by atoms with Crippen molar-refractivity contribution in [3.05, 3.63) is 28.8 Å². The summed E-state index contributed by atoms with van der Waals surface area (Å²) in [5, 5.41) is 11.8. The topological polar surface area (TPSA) is 82.1 Å². The van der Waals surface area contributed by atoms with E-state index in [1.54, 1.807) is 27.7 Å². The van der Waals surface area contributed by atoms with Gasteiger partial charge in [-0.25, -0.2) is 9.59 Å². The monoisotopic (exact) mass is 451 g/mol. The Bertz CT molecular complexity index is 798. The zero-order valence-electron chi connectivity index (χ0n) is 17.1. The number of rotatable bonds is 2. The molecule has 2 rings (SSSR count). The first kappa shape index (κ1) is 24.1. The van der Waals surface area contributed by atoms with Gasteiger partial charge in [-0.1, -0.05) is 11.6 Å². The lowest BCUT2D eigenvalue weighted by Gasteiger charge is -2.44. The molecule has 0 aliphatic carbocycles.